The molecule has 0 saturated carbocycles. The number of benzene rings is 1. The van der Waals surface area contributed by atoms with Gasteiger partial charge in [0.15, 0.2) is 0 Å². The quantitative estimate of drug-likeness (QED) is 0.360. The van der Waals surface area contributed by atoms with Gasteiger partial charge < -0.3 is 26.3 Å². The van der Waals surface area contributed by atoms with E-state index in [9.17, 15) is 9.59 Å². The average molecular weight is 281 g/mol. The molecule has 1 aromatic carbocycles. The molecule has 1 aromatic rings. The first-order valence-electron chi connectivity index (χ1n) is 6.21. The normalized spacial score (nSPS) is 10.1. The van der Waals surface area contributed by atoms with Gasteiger partial charge >= 0.3 is 5.97 Å². The number of carbonyl (C=O) groups excluding carboxylic acids is 2. The lowest BCUT2D eigenvalue weighted by Gasteiger charge is -2.13. The predicted octanol–water partition coefficient (Wildman–Crippen LogP) is 0.359. The second kappa shape index (κ2) is 8.00. The number of hydrogen-bond donors (Lipinski definition) is 3. The van der Waals surface area contributed by atoms with Crippen molar-refractivity contribution < 1.29 is 19.1 Å². The number of ether oxygens (including phenoxy) is 2. The highest BCUT2D eigenvalue weighted by Crippen LogP contribution is 2.24. The summed E-state index contributed by atoms with van der Waals surface area (Å²) in [5.41, 5.74) is 12.1. The zero-order chi connectivity index (χ0) is 15.0. The highest BCUT2D eigenvalue weighted by Gasteiger charge is 2.14. The van der Waals surface area contributed by atoms with E-state index in [1.54, 1.807) is 25.1 Å². The van der Waals surface area contributed by atoms with Crippen molar-refractivity contribution in [3.63, 3.8) is 0 Å². The topological polar surface area (TPSA) is 117 Å². The van der Waals surface area contributed by atoms with Crippen LogP contribution in [0.1, 0.15) is 17.3 Å². The molecule has 7 heteroatoms. The van der Waals surface area contributed by atoms with Crippen molar-refractivity contribution in [3.05, 3.63) is 23.8 Å². The third-order valence-electron chi connectivity index (χ3n) is 2.38. The fourth-order valence-electron chi connectivity index (χ4n) is 1.57. The minimum Gasteiger partial charge on any atom is -0.462 e. The first kappa shape index (κ1) is 15.8. The Labute approximate surface area is 117 Å². The van der Waals surface area contributed by atoms with Crippen molar-refractivity contribution in [2.45, 2.75) is 6.92 Å². The van der Waals surface area contributed by atoms with Crippen molar-refractivity contribution >= 4 is 23.3 Å². The lowest BCUT2D eigenvalue weighted by molar-refractivity contribution is -0.122. The van der Waals surface area contributed by atoms with Gasteiger partial charge in [0.1, 0.15) is 6.61 Å². The first-order chi connectivity index (χ1) is 9.56. The summed E-state index contributed by atoms with van der Waals surface area (Å²) in [6, 6.07) is 4.98. The van der Waals surface area contributed by atoms with Crippen molar-refractivity contribution in [2.24, 2.45) is 5.73 Å². The third-order valence-corrected chi connectivity index (χ3v) is 2.38. The summed E-state index contributed by atoms with van der Waals surface area (Å²) in [7, 11) is 0. The Morgan fingerprint density at radius 3 is 2.75 bits per heavy atom. The molecule has 0 bridgehead atoms. The highest BCUT2D eigenvalue weighted by molar-refractivity contribution is 5.98. The fourth-order valence-corrected chi connectivity index (χ4v) is 1.57. The first-order valence-corrected chi connectivity index (χ1v) is 6.21. The predicted molar refractivity (Wildman–Crippen MR) is 75.3 cm³/mol. The minimum atomic E-state index is -0.531. The lowest BCUT2D eigenvalue weighted by atomic mass is 10.1. The molecule has 20 heavy (non-hydrogen) atoms. The highest BCUT2D eigenvalue weighted by atomic mass is 16.5. The maximum absolute atomic E-state index is 11.8. The van der Waals surface area contributed by atoms with E-state index in [2.05, 4.69) is 5.32 Å². The van der Waals surface area contributed by atoms with Crippen LogP contribution in [-0.2, 0) is 14.3 Å². The Morgan fingerprint density at radius 2 is 2.10 bits per heavy atom. The molecule has 0 heterocycles. The number of nitrogen functional groups attached to an aromatic ring is 1. The van der Waals surface area contributed by atoms with Crippen LogP contribution in [0.4, 0.5) is 11.4 Å². The second-order valence-electron chi connectivity index (χ2n) is 3.94. The molecule has 7 nitrogen and oxygen atoms in total. The van der Waals surface area contributed by atoms with E-state index in [0.717, 1.165) is 0 Å². The molecule has 0 radical (unpaired) electrons. The molecule has 1 amide bonds. The number of hydrogen-bond acceptors (Lipinski definition) is 6. The summed E-state index contributed by atoms with van der Waals surface area (Å²) in [5, 5.41) is 2.99. The van der Waals surface area contributed by atoms with Gasteiger partial charge in [0.05, 0.1) is 30.2 Å². The van der Waals surface area contributed by atoms with Crippen LogP contribution in [-0.4, -0.2) is 38.2 Å². The van der Waals surface area contributed by atoms with Gasteiger partial charge in [-0.05, 0) is 19.1 Å². The van der Waals surface area contributed by atoms with E-state index in [0.29, 0.717) is 23.5 Å². The standard InChI is InChI=1S/C13H19N3O4/c1-2-20-13(18)9-4-3-5-10(14)12(9)16-6-7-19-8-11(15)17/h3-5,16H,2,6-8,14H2,1H3,(H2,15,17). The monoisotopic (exact) mass is 281 g/mol. The van der Waals surface area contributed by atoms with E-state index in [1.165, 1.54) is 0 Å². The zero-order valence-corrected chi connectivity index (χ0v) is 11.3. The van der Waals surface area contributed by atoms with E-state index < -0.39 is 11.9 Å². The molecular weight excluding hydrogens is 262 g/mol. The van der Waals surface area contributed by atoms with Gasteiger partial charge in [-0.25, -0.2) is 4.79 Å². The Bertz CT molecular complexity index is 477. The van der Waals surface area contributed by atoms with Crippen LogP contribution in [0.5, 0.6) is 0 Å². The summed E-state index contributed by atoms with van der Waals surface area (Å²) < 4.78 is 9.97. The molecule has 110 valence electrons. The van der Waals surface area contributed by atoms with Crippen LogP contribution in [0, 0.1) is 0 Å². The van der Waals surface area contributed by atoms with Crippen LogP contribution in [0.2, 0.25) is 0 Å². The Hall–Kier alpha value is -2.28. The molecule has 0 aliphatic heterocycles. The molecule has 1 rings (SSSR count). The van der Waals surface area contributed by atoms with Crippen LogP contribution in [0.15, 0.2) is 18.2 Å². The summed E-state index contributed by atoms with van der Waals surface area (Å²) >= 11 is 0. The SMILES string of the molecule is CCOC(=O)c1cccc(N)c1NCCOCC(N)=O. The number of primary amides is 1. The van der Waals surface area contributed by atoms with Gasteiger partial charge in [0.25, 0.3) is 0 Å². The molecule has 0 fully saturated rings. The Morgan fingerprint density at radius 1 is 1.35 bits per heavy atom. The molecule has 0 aliphatic rings. The van der Waals surface area contributed by atoms with Gasteiger partial charge in [-0.1, -0.05) is 6.07 Å². The van der Waals surface area contributed by atoms with Crippen molar-refractivity contribution in [3.8, 4) is 0 Å². The number of esters is 1. The number of anilines is 2. The summed E-state index contributed by atoms with van der Waals surface area (Å²) in [6.45, 7) is 2.52. The van der Waals surface area contributed by atoms with Crippen LogP contribution in [0.25, 0.3) is 0 Å². The number of nitrogens with one attached hydrogen (secondary N) is 1. The zero-order valence-electron chi connectivity index (χ0n) is 11.3. The Kier molecular flexibility index (Phi) is 6.31. The molecule has 0 unspecified atom stereocenters. The van der Waals surface area contributed by atoms with E-state index in [4.69, 9.17) is 20.9 Å². The van der Waals surface area contributed by atoms with Gasteiger partial charge in [-0.2, -0.15) is 0 Å². The summed E-state index contributed by atoms with van der Waals surface area (Å²) in [5.74, 6) is -0.975. The molecule has 0 spiro atoms. The van der Waals surface area contributed by atoms with Crippen LogP contribution >= 0.6 is 0 Å². The third kappa shape index (κ3) is 4.77. The average Bonchev–Trinajstić information content (AvgIpc) is 2.39. The second-order valence-corrected chi connectivity index (χ2v) is 3.94. The summed E-state index contributed by atoms with van der Waals surface area (Å²) in [6.07, 6.45) is 0. The van der Waals surface area contributed by atoms with Crippen molar-refractivity contribution in [1.29, 1.82) is 0 Å². The van der Waals surface area contributed by atoms with E-state index in [1.807, 2.05) is 0 Å². The number of rotatable bonds is 8. The molecule has 0 atom stereocenters. The maximum Gasteiger partial charge on any atom is 0.340 e. The van der Waals surface area contributed by atoms with Crippen LogP contribution in [0.3, 0.4) is 0 Å². The largest absolute Gasteiger partial charge is 0.462 e. The number of para-hydroxylation sites is 1. The smallest absolute Gasteiger partial charge is 0.340 e. The van der Waals surface area contributed by atoms with Crippen molar-refractivity contribution in [1.82, 2.24) is 0 Å². The molecule has 0 aromatic heterocycles. The summed E-state index contributed by atoms with van der Waals surface area (Å²) in [4.78, 5) is 22.3. The number of carbonyl (C=O) groups is 2. The van der Waals surface area contributed by atoms with Gasteiger partial charge in [0, 0.05) is 6.54 Å². The van der Waals surface area contributed by atoms with E-state index >= 15 is 0 Å². The lowest BCUT2D eigenvalue weighted by Crippen LogP contribution is -2.21. The maximum atomic E-state index is 11.8. The number of amides is 1. The van der Waals surface area contributed by atoms with Crippen LogP contribution < -0.4 is 16.8 Å². The number of nitrogens with two attached hydrogens (primary N) is 2. The molecule has 5 N–H and O–H groups in total. The molecule has 0 aliphatic carbocycles. The molecular formula is C13H19N3O4. The fraction of sp³-hybridized carbons (Fsp3) is 0.385. The van der Waals surface area contributed by atoms with Gasteiger partial charge in [-0.15, -0.1) is 0 Å². The van der Waals surface area contributed by atoms with Crippen molar-refractivity contribution in [2.75, 3.05) is 37.4 Å². The molecule has 0 saturated heterocycles. The Balaban J connectivity index is 2.63. The van der Waals surface area contributed by atoms with Gasteiger partial charge in [0.2, 0.25) is 5.91 Å². The minimum absolute atomic E-state index is 0.142. The van der Waals surface area contributed by atoms with E-state index in [-0.39, 0.29) is 19.8 Å². The van der Waals surface area contributed by atoms with Gasteiger partial charge in [-0.3, -0.25) is 4.79 Å².